The predicted molar refractivity (Wildman–Crippen MR) is 97.6 cm³/mol. The van der Waals surface area contributed by atoms with Crippen LogP contribution >= 0.6 is 0 Å². The number of rotatable bonds is 3. The summed E-state index contributed by atoms with van der Waals surface area (Å²) in [5.41, 5.74) is 2.05. The number of oxazole rings is 1. The first-order valence-electron chi connectivity index (χ1n) is 8.53. The number of ether oxygens (including phenoxy) is 1. The van der Waals surface area contributed by atoms with Crippen molar-refractivity contribution in [1.82, 2.24) is 14.9 Å². The van der Waals surface area contributed by atoms with Gasteiger partial charge in [0.1, 0.15) is 17.3 Å². The molecule has 2 aromatic heterocycles. The number of aromatic nitrogens is 2. The number of fused-ring (bicyclic) bond motifs is 1. The number of carbonyl (C=O) groups excluding carboxylic acids is 1. The van der Waals surface area contributed by atoms with Gasteiger partial charge >= 0.3 is 0 Å². The van der Waals surface area contributed by atoms with E-state index < -0.39 is 0 Å². The quantitative estimate of drug-likeness (QED) is 0.703. The fraction of sp³-hybridized carbons (Fsp3) is 0.263. The number of hydrogen-bond donors (Lipinski definition) is 0. The Morgan fingerprint density at radius 1 is 1.26 bits per heavy atom. The van der Waals surface area contributed by atoms with Crippen LogP contribution in [0.4, 0.5) is 6.01 Å². The minimum Gasteiger partial charge on any atom is -0.495 e. The van der Waals surface area contributed by atoms with Crippen LogP contribution in [0.15, 0.2) is 40.9 Å². The summed E-state index contributed by atoms with van der Waals surface area (Å²) in [6.45, 7) is 2.30. The maximum atomic E-state index is 12.8. The van der Waals surface area contributed by atoms with Gasteiger partial charge in [-0.25, -0.2) is 4.98 Å². The van der Waals surface area contributed by atoms with Crippen LogP contribution in [-0.4, -0.2) is 54.1 Å². The van der Waals surface area contributed by atoms with Gasteiger partial charge in [-0.15, -0.1) is 0 Å². The van der Waals surface area contributed by atoms with Crippen LogP contribution in [0.2, 0.25) is 0 Å². The van der Waals surface area contributed by atoms with Gasteiger partial charge in [0.05, 0.1) is 12.7 Å². The maximum absolute atomic E-state index is 12.8. The van der Waals surface area contributed by atoms with Crippen molar-refractivity contribution in [1.29, 1.82) is 5.26 Å². The molecule has 0 atom stereocenters. The molecule has 1 aliphatic heterocycles. The summed E-state index contributed by atoms with van der Waals surface area (Å²) in [4.78, 5) is 25.1. The van der Waals surface area contributed by atoms with Crippen LogP contribution in [0.5, 0.6) is 5.75 Å². The molecular formula is C19H17N5O3. The van der Waals surface area contributed by atoms with Crippen molar-refractivity contribution in [3.05, 3.63) is 47.7 Å². The summed E-state index contributed by atoms with van der Waals surface area (Å²) in [5, 5.41) is 9.20. The molecule has 4 rings (SSSR count). The summed E-state index contributed by atoms with van der Waals surface area (Å²) < 4.78 is 10.8. The highest BCUT2D eigenvalue weighted by atomic mass is 16.5. The Labute approximate surface area is 155 Å². The second-order valence-electron chi connectivity index (χ2n) is 6.13. The summed E-state index contributed by atoms with van der Waals surface area (Å²) >= 11 is 0. The highest BCUT2D eigenvalue weighted by Gasteiger charge is 2.25. The van der Waals surface area contributed by atoms with Crippen molar-refractivity contribution in [2.75, 3.05) is 38.2 Å². The molecule has 1 saturated heterocycles. The minimum absolute atomic E-state index is 0.104. The molecule has 0 unspecified atom stereocenters. The van der Waals surface area contributed by atoms with Crippen molar-refractivity contribution in [2.24, 2.45) is 0 Å². The second-order valence-corrected chi connectivity index (χ2v) is 6.13. The van der Waals surface area contributed by atoms with E-state index >= 15 is 0 Å². The summed E-state index contributed by atoms with van der Waals surface area (Å²) in [6.07, 6.45) is 1.66. The van der Waals surface area contributed by atoms with E-state index in [1.807, 2.05) is 17.0 Å². The Kier molecular flexibility index (Phi) is 4.34. The van der Waals surface area contributed by atoms with E-state index in [-0.39, 0.29) is 5.91 Å². The van der Waals surface area contributed by atoms with Crippen molar-refractivity contribution in [2.45, 2.75) is 0 Å². The lowest BCUT2D eigenvalue weighted by molar-refractivity contribution is 0.0745. The van der Waals surface area contributed by atoms with Crippen molar-refractivity contribution in [3.63, 3.8) is 0 Å². The lowest BCUT2D eigenvalue weighted by Crippen LogP contribution is -2.48. The average Bonchev–Trinajstić information content (AvgIpc) is 3.17. The van der Waals surface area contributed by atoms with Crippen LogP contribution in [0.3, 0.4) is 0 Å². The molecule has 136 valence electrons. The molecule has 0 aliphatic carbocycles. The van der Waals surface area contributed by atoms with Crippen LogP contribution in [0.1, 0.15) is 15.9 Å². The number of methoxy groups -OCH3 is 1. The van der Waals surface area contributed by atoms with Gasteiger partial charge in [0.15, 0.2) is 0 Å². The lowest BCUT2D eigenvalue weighted by Gasteiger charge is -2.33. The normalized spacial score (nSPS) is 14.2. The average molecular weight is 363 g/mol. The number of nitrogens with zero attached hydrogens (tertiary/aromatic N) is 5. The second kappa shape index (κ2) is 6.96. The number of anilines is 1. The molecule has 8 heteroatoms. The van der Waals surface area contributed by atoms with Gasteiger partial charge in [-0.3, -0.25) is 4.79 Å². The highest BCUT2D eigenvalue weighted by Crippen LogP contribution is 2.23. The van der Waals surface area contributed by atoms with Gasteiger partial charge in [0.2, 0.25) is 5.71 Å². The third kappa shape index (κ3) is 3.15. The molecule has 0 saturated carbocycles. The van der Waals surface area contributed by atoms with Crippen LogP contribution in [0, 0.1) is 11.3 Å². The van der Waals surface area contributed by atoms with Crippen LogP contribution in [-0.2, 0) is 0 Å². The van der Waals surface area contributed by atoms with E-state index in [1.165, 1.54) is 7.11 Å². The van der Waals surface area contributed by atoms with E-state index in [9.17, 15) is 10.1 Å². The molecule has 0 N–H and O–H groups in total. The van der Waals surface area contributed by atoms with Crippen molar-refractivity contribution >= 4 is 23.2 Å². The summed E-state index contributed by atoms with van der Waals surface area (Å²) in [5.74, 6) is 0.358. The molecule has 3 heterocycles. The highest BCUT2D eigenvalue weighted by molar-refractivity contribution is 5.95. The van der Waals surface area contributed by atoms with E-state index in [4.69, 9.17) is 9.15 Å². The largest absolute Gasteiger partial charge is 0.495 e. The smallest absolute Gasteiger partial charge is 0.299 e. The molecule has 1 fully saturated rings. The van der Waals surface area contributed by atoms with E-state index in [2.05, 4.69) is 16.0 Å². The van der Waals surface area contributed by atoms with Gasteiger partial charge in [0, 0.05) is 37.9 Å². The SMILES string of the molecule is COc1ccc(C(=O)N2CCN(c3nc4cccnc4o3)CC2)cc1C#N. The lowest BCUT2D eigenvalue weighted by atomic mass is 10.1. The molecule has 1 amide bonds. The molecule has 0 spiro atoms. The summed E-state index contributed by atoms with van der Waals surface area (Å²) in [6, 6.07) is 11.1. The first kappa shape index (κ1) is 16.8. The zero-order valence-electron chi connectivity index (χ0n) is 14.8. The fourth-order valence-electron chi connectivity index (χ4n) is 3.11. The first-order valence-corrected chi connectivity index (χ1v) is 8.53. The standard InChI is InChI=1S/C19H17N5O3/c1-26-16-5-4-13(11-14(16)12-20)18(25)23-7-9-24(10-8-23)19-22-15-3-2-6-21-17(15)27-19/h2-6,11H,7-10H2,1H3. The number of hydrogen-bond acceptors (Lipinski definition) is 7. The minimum atomic E-state index is -0.104. The monoisotopic (exact) mass is 363 g/mol. The number of benzene rings is 1. The van der Waals surface area contributed by atoms with Crippen molar-refractivity contribution < 1.29 is 13.9 Å². The molecule has 1 aromatic carbocycles. The molecule has 27 heavy (non-hydrogen) atoms. The maximum Gasteiger partial charge on any atom is 0.299 e. The molecule has 0 bridgehead atoms. The topological polar surface area (TPSA) is 95.5 Å². The number of pyridine rings is 1. The Balaban J connectivity index is 1.46. The van der Waals surface area contributed by atoms with Gasteiger partial charge in [-0.05, 0) is 30.3 Å². The Morgan fingerprint density at radius 3 is 2.78 bits per heavy atom. The van der Waals surface area contributed by atoms with Gasteiger partial charge in [0.25, 0.3) is 11.9 Å². The van der Waals surface area contributed by atoms with Gasteiger partial charge < -0.3 is 19.0 Å². The van der Waals surface area contributed by atoms with E-state index in [0.29, 0.717) is 60.3 Å². The zero-order valence-corrected chi connectivity index (χ0v) is 14.8. The van der Waals surface area contributed by atoms with E-state index in [0.717, 1.165) is 0 Å². The number of piperazine rings is 1. The molecule has 8 nitrogen and oxygen atoms in total. The molecule has 3 aromatic rings. The fourth-order valence-corrected chi connectivity index (χ4v) is 3.11. The Morgan fingerprint density at radius 2 is 2.07 bits per heavy atom. The third-order valence-corrected chi connectivity index (χ3v) is 4.56. The Bertz CT molecular complexity index is 998. The molecule has 1 aliphatic rings. The van der Waals surface area contributed by atoms with Crippen LogP contribution in [0.25, 0.3) is 11.2 Å². The predicted octanol–water partition coefficient (Wildman–Crippen LogP) is 2.07. The zero-order chi connectivity index (χ0) is 18.8. The molecule has 0 radical (unpaired) electrons. The first-order chi connectivity index (χ1) is 13.2. The summed E-state index contributed by atoms with van der Waals surface area (Å²) in [7, 11) is 1.50. The Hall–Kier alpha value is -3.60. The van der Waals surface area contributed by atoms with Gasteiger partial charge in [-0.1, -0.05) is 0 Å². The number of amides is 1. The number of carbonyl (C=O) groups is 1. The van der Waals surface area contributed by atoms with E-state index in [1.54, 1.807) is 29.3 Å². The molecular weight excluding hydrogens is 346 g/mol. The number of nitriles is 1. The van der Waals surface area contributed by atoms with Gasteiger partial charge in [-0.2, -0.15) is 10.2 Å². The van der Waals surface area contributed by atoms with Crippen LogP contribution < -0.4 is 9.64 Å². The third-order valence-electron chi connectivity index (χ3n) is 4.56. The van der Waals surface area contributed by atoms with Crippen molar-refractivity contribution in [3.8, 4) is 11.8 Å².